The van der Waals surface area contributed by atoms with Gasteiger partial charge in [0, 0.05) is 5.02 Å². The Morgan fingerprint density at radius 2 is 1.58 bits per heavy atom. The monoisotopic (exact) mass is 277 g/mol. The molecule has 1 nitrogen and oxygen atoms in total. The molecule has 3 heteroatoms. The third kappa shape index (κ3) is 3.14. The SMILES string of the molecule is CC(C)c1ccc(C(N)c2ccc(F)cc2Cl)cc1. The van der Waals surface area contributed by atoms with E-state index in [1.165, 1.54) is 17.7 Å². The average molecular weight is 278 g/mol. The van der Waals surface area contributed by atoms with Crippen LogP contribution in [-0.2, 0) is 0 Å². The second kappa shape index (κ2) is 5.72. The normalized spacial score (nSPS) is 12.7. The summed E-state index contributed by atoms with van der Waals surface area (Å²) in [5.74, 6) is 0.135. The molecule has 0 aliphatic heterocycles. The lowest BCUT2D eigenvalue weighted by atomic mass is 9.96. The molecule has 0 spiro atoms. The third-order valence-electron chi connectivity index (χ3n) is 3.26. The van der Waals surface area contributed by atoms with Crippen LogP contribution < -0.4 is 5.73 Å². The van der Waals surface area contributed by atoms with Gasteiger partial charge in [-0.3, -0.25) is 0 Å². The Morgan fingerprint density at radius 1 is 1.00 bits per heavy atom. The Labute approximate surface area is 118 Å². The zero-order chi connectivity index (χ0) is 14.0. The lowest BCUT2D eigenvalue weighted by Crippen LogP contribution is -2.12. The molecule has 19 heavy (non-hydrogen) atoms. The summed E-state index contributed by atoms with van der Waals surface area (Å²) in [6.07, 6.45) is 0. The van der Waals surface area contributed by atoms with Gasteiger partial charge in [-0.2, -0.15) is 0 Å². The average Bonchev–Trinajstić information content (AvgIpc) is 2.38. The van der Waals surface area contributed by atoms with Gasteiger partial charge in [0.25, 0.3) is 0 Å². The number of rotatable bonds is 3. The molecule has 0 bridgehead atoms. The van der Waals surface area contributed by atoms with Crippen molar-refractivity contribution in [3.05, 3.63) is 70.0 Å². The zero-order valence-electron chi connectivity index (χ0n) is 11.0. The van der Waals surface area contributed by atoms with Crippen LogP contribution in [0, 0.1) is 5.82 Å². The molecule has 0 fully saturated rings. The Kier molecular flexibility index (Phi) is 4.23. The molecule has 0 heterocycles. The summed E-state index contributed by atoms with van der Waals surface area (Å²) in [5, 5.41) is 0.362. The molecule has 2 aromatic carbocycles. The van der Waals surface area contributed by atoms with Crippen LogP contribution in [0.2, 0.25) is 5.02 Å². The molecule has 0 aliphatic carbocycles. The van der Waals surface area contributed by atoms with Crippen molar-refractivity contribution in [2.75, 3.05) is 0 Å². The third-order valence-corrected chi connectivity index (χ3v) is 3.59. The lowest BCUT2D eigenvalue weighted by molar-refractivity contribution is 0.626. The first-order valence-corrected chi connectivity index (χ1v) is 6.67. The maximum atomic E-state index is 13.0. The first-order chi connectivity index (χ1) is 8.99. The highest BCUT2D eigenvalue weighted by molar-refractivity contribution is 6.31. The number of benzene rings is 2. The number of nitrogens with two attached hydrogens (primary N) is 1. The van der Waals surface area contributed by atoms with Crippen LogP contribution in [0.4, 0.5) is 4.39 Å². The van der Waals surface area contributed by atoms with Crippen LogP contribution in [0.5, 0.6) is 0 Å². The predicted octanol–water partition coefficient (Wildman–Crippen LogP) is 4.65. The van der Waals surface area contributed by atoms with E-state index in [1.807, 2.05) is 12.1 Å². The largest absolute Gasteiger partial charge is 0.320 e. The Hall–Kier alpha value is -1.38. The molecular weight excluding hydrogens is 261 g/mol. The van der Waals surface area contributed by atoms with Crippen molar-refractivity contribution in [1.29, 1.82) is 0 Å². The molecule has 0 saturated heterocycles. The molecule has 0 radical (unpaired) electrons. The van der Waals surface area contributed by atoms with Crippen molar-refractivity contribution in [3.63, 3.8) is 0 Å². The minimum atomic E-state index is -0.351. The molecule has 1 atom stereocenters. The smallest absolute Gasteiger partial charge is 0.124 e. The van der Waals surface area contributed by atoms with E-state index in [4.69, 9.17) is 17.3 Å². The molecule has 1 unspecified atom stereocenters. The van der Waals surface area contributed by atoms with Gasteiger partial charge >= 0.3 is 0 Å². The number of hydrogen-bond acceptors (Lipinski definition) is 1. The van der Waals surface area contributed by atoms with E-state index >= 15 is 0 Å². The maximum Gasteiger partial charge on any atom is 0.124 e. The van der Waals surface area contributed by atoms with Crippen LogP contribution in [0.1, 0.15) is 42.5 Å². The molecule has 0 aromatic heterocycles. The molecule has 100 valence electrons. The van der Waals surface area contributed by atoms with Crippen molar-refractivity contribution in [1.82, 2.24) is 0 Å². The van der Waals surface area contributed by atoms with E-state index in [-0.39, 0.29) is 11.9 Å². The maximum absolute atomic E-state index is 13.0. The lowest BCUT2D eigenvalue weighted by Gasteiger charge is -2.15. The minimum Gasteiger partial charge on any atom is -0.320 e. The number of halogens is 2. The Balaban J connectivity index is 2.30. The van der Waals surface area contributed by atoms with Crippen LogP contribution >= 0.6 is 11.6 Å². The summed E-state index contributed by atoms with van der Waals surface area (Å²) >= 11 is 6.04. The summed E-state index contributed by atoms with van der Waals surface area (Å²) in [7, 11) is 0. The van der Waals surface area contributed by atoms with E-state index in [2.05, 4.69) is 26.0 Å². The van der Waals surface area contributed by atoms with Gasteiger partial charge in [0.05, 0.1) is 6.04 Å². The summed E-state index contributed by atoms with van der Waals surface area (Å²) in [4.78, 5) is 0. The van der Waals surface area contributed by atoms with Crippen molar-refractivity contribution in [2.24, 2.45) is 5.73 Å². The van der Waals surface area contributed by atoms with E-state index < -0.39 is 0 Å². The van der Waals surface area contributed by atoms with Crippen LogP contribution in [0.25, 0.3) is 0 Å². The second-order valence-corrected chi connectivity index (χ2v) is 5.37. The standard InChI is InChI=1S/C16H17ClFN/c1-10(2)11-3-5-12(6-4-11)16(19)14-8-7-13(18)9-15(14)17/h3-10,16H,19H2,1-2H3. The van der Waals surface area contributed by atoms with Gasteiger partial charge in [-0.15, -0.1) is 0 Å². The van der Waals surface area contributed by atoms with Gasteiger partial charge < -0.3 is 5.73 Å². The molecule has 2 rings (SSSR count). The van der Waals surface area contributed by atoms with Gasteiger partial charge in [0.2, 0.25) is 0 Å². The fourth-order valence-electron chi connectivity index (χ4n) is 2.02. The highest BCUT2D eigenvalue weighted by Gasteiger charge is 2.13. The van der Waals surface area contributed by atoms with E-state index in [1.54, 1.807) is 6.07 Å². The second-order valence-electron chi connectivity index (χ2n) is 4.96. The summed E-state index contributed by atoms with van der Waals surface area (Å²) in [5.41, 5.74) is 9.16. The van der Waals surface area contributed by atoms with Crippen LogP contribution in [0.15, 0.2) is 42.5 Å². The van der Waals surface area contributed by atoms with Crippen LogP contribution in [0.3, 0.4) is 0 Å². The summed E-state index contributed by atoms with van der Waals surface area (Å²) in [6.45, 7) is 4.29. The first-order valence-electron chi connectivity index (χ1n) is 6.29. The van der Waals surface area contributed by atoms with Crippen LogP contribution in [-0.4, -0.2) is 0 Å². The van der Waals surface area contributed by atoms with Crippen molar-refractivity contribution >= 4 is 11.6 Å². The van der Waals surface area contributed by atoms with Gasteiger partial charge in [-0.25, -0.2) is 4.39 Å². The van der Waals surface area contributed by atoms with E-state index in [9.17, 15) is 4.39 Å². The molecule has 2 aromatic rings. The molecule has 0 amide bonds. The highest BCUT2D eigenvalue weighted by atomic mass is 35.5. The zero-order valence-corrected chi connectivity index (χ0v) is 11.8. The fourth-order valence-corrected chi connectivity index (χ4v) is 2.31. The predicted molar refractivity (Wildman–Crippen MR) is 78.0 cm³/mol. The van der Waals surface area contributed by atoms with Gasteiger partial charge in [-0.05, 0) is 34.7 Å². The van der Waals surface area contributed by atoms with E-state index in [0.717, 1.165) is 11.1 Å². The Morgan fingerprint density at radius 3 is 2.11 bits per heavy atom. The minimum absolute atomic E-state index is 0.339. The highest BCUT2D eigenvalue weighted by Crippen LogP contribution is 2.28. The van der Waals surface area contributed by atoms with Crippen molar-refractivity contribution < 1.29 is 4.39 Å². The van der Waals surface area contributed by atoms with Crippen molar-refractivity contribution in [3.8, 4) is 0 Å². The van der Waals surface area contributed by atoms with Crippen molar-refractivity contribution in [2.45, 2.75) is 25.8 Å². The van der Waals surface area contributed by atoms with Gasteiger partial charge in [0.15, 0.2) is 0 Å². The first kappa shape index (κ1) is 14.0. The summed E-state index contributed by atoms with van der Waals surface area (Å²) < 4.78 is 13.0. The molecule has 2 N–H and O–H groups in total. The van der Waals surface area contributed by atoms with Gasteiger partial charge in [-0.1, -0.05) is 55.8 Å². The molecular formula is C16H17ClFN. The molecule has 0 saturated carbocycles. The summed E-state index contributed by atoms with van der Waals surface area (Å²) in [6, 6.07) is 12.1. The number of hydrogen-bond donors (Lipinski definition) is 1. The quantitative estimate of drug-likeness (QED) is 0.868. The Bertz CT molecular complexity index is 563. The fraction of sp³-hybridized carbons (Fsp3) is 0.250. The molecule has 0 aliphatic rings. The van der Waals surface area contributed by atoms with E-state index in [0.29, 0.717) is 10.9 Å². The van der Waals surface area contributed by atoms with Gasteiger partial charge in [0.1, 0.15) is 5.82 Å². The topological polar surface area (TPSA) is 26.0 Å².